The molecule has 0 saturated carbocycles. The van der Waals surface area contributed by atoms with Crippen LogP contribution in [0.1, 0.15) is 24.1 Å². The summed E-state index contributed by atoms with van der Waals surface area (Å²) < 4.78 is 19.9. The maximum atomic E-state index is 13.2. The van der Waals surface area contributed by atoms with Gasteiger partial charge in [-0.3, -0.25) is 4.79 Å². The van der Waals surface area contributed by atoms with E-state index in [4.69, 9.17) is 16.3 Å². The molecule has 1 saturated heterocycles. The highest BCUT2D eigenvalue weighted by Crippen LogP contribution is 2.25. The van der Waals surface area contributed by atoms with Gasteiger partial charge in [0.25, 0.3) is 0 Å². The molecule has 2 heterocycles. The normalized spacial score (nSPS) is 14.6. The van der Waals surface area contributed by atoms with E-state index in [9.17, 15) is 9.18 Å². The molecule has 1 aromatic heterocycles. The van der Waals surface area contributed by atoms with E-state index < -0.39 is 0 Å². The number of hydrogen-bond acceptors (Lipinski definition) is 4. The fraction of sp³-hybridized carbons (Fsp3) is 0.280. The number of carbonyl (C=O) groups excluding carboxylic acids is 1. The third kappa shape index (κ3) is 5.37. The van der Waals surface area contributed by atoms with Gasteiger partial charge in [-0.05, 0) is 74.4 Å². The Morgan fingerprint density at radius 2 is 1.76 bits per heavy atom. The van der Waals surface area contributed by atoms with E-state index in [0.29, 0.717) is 22.1 Å². The standard InChI is InChI=1S/C25H26ClFN4O2/c1-17-23(25(26)31(29-17)21-5-3-18(27)4-6-21)11-12-24(32)28-19-13-15-30(16-14-19)20-7-9-22(33-2)10-8-20/h3-12,19H,13-16H2,1-2H3,(H,28,32)/b12-11+. The van der Waals surface area contributed by atoms with Gasteiger partial charge in [0.05, 0.1) is 18.5 Å². The van der Waals surface area contributed by atoms with E-state index in [2.05, 4.69) is 27.4 Å². The van der Waals surface area contributed by atoms with Crippen LogP contribution >= 0.6 is 11.6 Å². The molecule has 33 heavy (non-hydrogen) atoms. The summed E-state index contributed by atoms with van der Waals surface area (Å²) in [5, 5.41) is 7.87. The van der Waals surface area contributed by atoms with Crippen LogP contribution in [0.5, 0.6) is 5.75 Å². The SMILES string of the molecule is COc1ccc(N2CCC(NC(=O)/C=C/c3c(C)nn(-c4ccc(F)cc4)c3Cl)CC2)cc1. The number of nitrogens with zero attached hydrogens (tertiary/aromatic N) is 3. The van der Waals surface area contributed by atoms with Crippen LogP contribution in [0.2, 0.25) is 5.15 Å². The first-order valence-corrected chi connectivity index (χ1v) is 11.2. The second-order valence-electron chi connectivity index (χ2n) is 7.98. The Morgan fingerprint density at radius 3 is 2.39 bits per heavy atom. The van der Waals surface area contributed by atoms with Crippen LogP contribution in [-0.2, 0) is 4.79 Å². The molecule has 0 spiro atoms. The molecule has 172 valence electrons. The lowest BCUT2D eigenvalue weighted by molar-refractivity contribution is -0.117. The van der Waals surface area contributed by atoms with Crippen molar-refractivity contribution in [2.45, 2.75) is 25.8 Å². The lowest BCUT2D eigenvalue weighted by Gasteiger charge is -2.33. The van der Waals surface area contributed by atoms with Gasteiger partial charge in [0, 0.05) is 36.5 Å². The van der Waals surface area contributed by atoms with E-state index in [0.717, 1.165) is 37.4 Å². The van der Waals surface area contributed by atoms with Crippen LogP contribution in [0.4, 0.5) is 10.1 Å². The van der Waals surface area contributed by atoms with Gasteiger partial charge in [0.1, 0.15) is 16.7 Å². The van der Waals surface area contributed by atoms with Gasteiger partial charge in [-0.1, -0.05) is 11.6 Å². The Hall–Kier alpha value is -3.32. The third-order valence-electron chi connectivity index (χ3n) is 5.80. The fourth-order valence-corrected chi connectivity index (χ4v) is 4.27. The van der Waals surface area contributed by atoms with Crippen LogP contribution in [-0.4, -0.2) is 41.9 Å². The number of aryl methyl sites for hydroxylation is 1. The number of amides is 1. The maximum Gasteiger partial charge on any atom is 0.244 e. The molecule has 1 aliphatic heterocycles. The molecule has 0 radical (unpaired) electrons. The van der Waals surface area contributed by atoms with Crippen LogP contribution in [0, 0.1) is 12.7 Å². The number of aromatic nitrogens is 2. The van der Waals surface area contributed by atoms with Crippen molar-refractivity contribution in [1.82, 2.24) is 15.1 Å². The van der Waals surface area contributed by atoms with Crippen LogP contribution < -0.4 is 15.0 Å². The highest BCUT2D eigenvalue weighted by molar-refractivity contribution is 6.31. The average molecular weight is 469 g/mol. The molecular formula is C25H26ClFN4O2. The molecule has 0 bridgehead atoms. The number of carbonyl (C=O) groups is 1. The molecule has 0 aliphatic carbocycles. The molecule has 8 heteroatoms. The van der Waals surface area contributed by atoms with E-state index in [1.165, 1.54) is 22.9 Å². The van der Waals surface area contributed by atoms with Crippen molar-refractivity contribution in [3.05, 3.63) is 76.8 Å². The molecule has 1 aliphatic rings. The summed E-state index contributed by atoms with van der Waals surface area (Å²) in [4.78, 5) is 14.8. The smallest absolute Gasteiger partial charge is 0.244 e. The molecule has 0 atom stereocenters. The lowest BCUT2D eigenvalue weighted by Crippen LogP contribution is -2.44. The zero-order chi connectivity index (χ0) is 23.4. The number of rotatable bonds is 6. The highest BCUT2D eigenvalue weighted by atomic mass is 35.5. The number of nitrogens with one attached hydrogen (secondary N) is 1. The topological polar surface area (TPSA) is 59.4 Å². The quantitative estimate of drug-likeness (QED) is 0.529. The Labute approximate surface area is 197 Å². The number of methoxy groups -OCH3 is 1. The summed E-state index contributed by atoms with van der Waals surface area (Å²) in [5.41, 5.74) is 3.15. The Morgan fingerprint density at radius 1 is 1.12 bits per heavy atom. The molecule has 3 aromatic rings. The summed E-state index contributed by atoms with van der Waals surface area (Å²) in [6.45, 7) is 3.56. The zero-order valence-electron chi connectivity index (χ0n) is 18.6. The Kier molecular flexibility index (Phi) is 6.99. The number of piperidine rings is 1. The van der Waals surface area contributed by atoms with Gasteiger partial charge in [-0.2, -0.15) is 5.10 Å². The minimum atomic E-state index is -0.328. The molecule has 4 rings (SSSR count). The molecular weight excluding hydrogens is 443 g/mol. The van der Waals surface area contributed by atoms with Crippen molar-refractivity contribution in [1.29, 1.82) is 0 Å². The van der Waals surface area contributed by atoms with Gasteiger partial charge in [0.15, 0.2) is 0 Å². The molecule has 2 aromatic carbocycles. The number of hydrogen-bond donors (Lipinski definition) is 1. The van der Waals surface area contributed by atoms with E-state index in [-0.39, 0.29) is 17.8 Å². The van der Waals surface area contributed by atoms with Gasteiger partial charge in [-0.15, -0.1) is 0 Å². The summed E-state index contributed by atoms with van der Waals surface area (Å²) in [6, 6.07) is 14.1. The van der Waals surface area contributed by atoms with E-state index in [1.54, 1.807) is 25.3 Å². The minimum Gasteiger partial charge on any atom is -0.497 e. The summed E-state index contributed by atoms with van der Waals surface area (Å²) in [6.07, 6.45) is 4.90. The monoisotopic (exact) mass is 468 g/mol. The van der Waals surface area contributed by atoms with Crippen LogP contribution in [0.25, 0.3) is 11.8 Å². The second-order valence-corrected chi connectivity index (χ2v) is 8.34. The molecule has 0 unspecified atom stereocenters. The fourth-order valence-electron chi connectivity index (χ4n) is 3.94. The van der Waals surface area contributed by atoms with Crippen molar-refractivity contribution < 1.29 is 13.9 Å². The van der Waals surface area contributed by atoms with Crippen molar-refractivity contribution in [2.75, 3.05) is 25.1 Å². The lowest BCUT2D eigenvalue weighted by atomic mass is 10.0. The van der Waals surface area contributed by atoms with E-state index in [1.807, 2.05) is 19.1 Å². The first-order chi connectivity index (χ1) is 15.9. The van der Waals surface area contributed by atoms with Crippen molar-refractivity contribution in [3.8, 4) is 11.4 Å². The van der Waals surface area contributed by atoms with E-state index >= 15 is 0 Å². The summed E-state index contributed by atoms with van der Waals surface area (Å²) in [5.74, 6) is 0.347. The number of anilines is 1. The molecule has 1 amide bonds. The van der Waals surface area contributed by atoms with Crippen LogP contribution in [0.3, 0.4) is 0 Å². The minimum absolute atomic E-state index is 0.121. The Balaban J connectivity index is 1.34. The van der Waals surface area contributed by atoms with Gasteiger partial charge in [0.2, 0.25) is 5.91 Å². The number of ether oxygens (including phenoxy) is 1. The molecule has 1 N–H and O–H groups in total. The predicted octanol–water partition coefficient (Wildman–Crippen LogP) is 4.78. The first-order valence-electron chi connectivity index (χ1n) is 10.8. The van der Waals surface area contributed by atoms with Gasteiger partial charge < -0.3 is 15.0 Å². The number of benzene rings is 2. The largest absolute Gasteiger partial charge is 0.497 e. The third-order valence-corrected chi connectivity index (χ3v) is 6.16. The molecule has 1 fully saturated rings. The summed E-state index contributed by atoms with van der Waals surface area (Å²) in [7, 11) is 1.66. The average Bonchev–Trinajstić information content (AvgIpc) is 3.12. The Bertz CT molecular complexity index is 1130. The summed E-state index contributed by atoms with van der Waals surface area (Å²) >= 11 is 6.48. The van der Waals surface area contributed by atoms with Crippen molar-refractivity contribution in [3.63, 3.8) is 0 Å². The van der Waals surface area contributed by atoms with Crippen molar-refractivity contribution >= 4 is 29.3 Å². The van der Waals surface area contributed by atoms with Gasteiger partial charge >= 0.3 is 0 Å². The zero-order valence-corrected chi connectivity index (χ0v) is 19.3. The molecule has 6 nitrogen and oxygen atoms in total. The van der Waals surface area contributed by atoms with Crippen molar-refractivity contribution in [2.24, 2.45) is 0 Å². The number of halogens is 2. The highest BCUT2D eigenvalue weighted by Gasteiger charge is 2.20. The first kappa shape index (κ1) is 22.9. The second kappa shape index (κ2) is 10.1. The predicted molar refractivity (Wildman–Crippen MR) is 129 cm³/mol. The van der Waals surface area contributed by atoms with Crippen LogP contribution in [0.15, 0.2) is 54.6 Å². The maximum absolute atomic E-state index is 13.2. The van der Waals surface area contributed by atoms with Gasteiger partial charge in [-0.25, -0.2) is 9.07 Å².